The highest BCUT2D eigenvalue weighted by Gasteiger charge is 2.24. The first-order chi connectivity index (χ1) is 15.6. The van der Waals surface area contributed by atoms with Crippen LogP contribution in [0.15, 0.2) is 24.3 Å². The van der Waals surface area contributed by atoms with Crippen LogP contribution in [0.5, 0.6) is 5.88 Å². The van der Waals surface area contributed by atoms with Gasteiger partial charge in [0.2, 0.25) is 5.88 Å². The van der Waals surface area contributed by atoms with Gasteiger partial charge in [-0.1, -0.05) is 18.7 Å². The van der Waals surface area contributed by atoms with E-state index < -0.39 is 0 Å². The van der Waals surface area contributed by atoms with Crippen LogP contribution >= 0.6 is 0 Å². The van der Waals surface area contributed by atoms with Crippen LogP contribution in [-0.2, 0) is 20.1 Å². The number of rotatable bonds is 3. The van der Waals surface area contributed by atoms with Crippen molar-refractivity contribution in [3.63, 3.8) is 0 Å². The Hall–Kier alpha value is -2.84. The number of fused-ring (bicyclic) bond motifs is 2. The zero-order chi connectivity index (χ0) is 24.3. The van der Waals surface area contributed by atoms with E-state index in [2.05, 4.69) is 49.5 Å². The molecule has 2 aromatic rings. The minimum atomic E-state index is -0.101. The van der Waals surface area contributed by atoms with Gasteiger partial charge in [-0.2, -0.15) is 10.2 Å². The van der Waals surface area contributed by atoms with Crippen LogP contribution in [0, 0.1) is 13.8 Å². The molecule has 0 unspecified atom stereocenters. The largest absolute Gasteiger partial charge is 0.473 e. The molecule has 0 saturated carbocycles. The maximum atomic E-state index is 9.59. The lowest BCUT2D eigenvalue weighted by molar-refractivity contribution is 0.108. The van der Waals surface area contributed by atoms with E-state index in [1.165, 1.54) is 0 Å². The van der Waals surface area contributed by atoms with Crippen molar-refractivity contribution in [3.05, 3.63) is 52.5 Å². The predicted molar refractivity (Wildman–Crippen MR) is 133 cm³/mol. The smallest absolute Gasteiger partial charge is 0.221 e. The number of aliphatic hydroxyl groups is 1. The molecule has 0 bridgehead atoms. The van der Waals surface area contributed by atoms with E-state index in [-0.39, 0.29) is 12.7 Å². The van der Waals surface area contributed by atoms with Crippen molar-refractivity contribution in [2.75, 3.05) is 13.2 Å². The summed E-state index contributed by atoms with van der Waals surface area (Å²) in [4.78, 5) is 2.37. The first-order valence-corrected chi connectivity index (χ1v) is 11.6. The fourth-order valence-corrected chi connectivity index (χ4v) is 4.30. The normalized spacial score (nSPS) is 20.9. The molecular weight excluding hydrogens is 416 g/mol. The van der Waals surface area contributed by atoms with Crippen LogP contribution in [0.4, 0.5) is 0 Å². The molecule has 3 heterocycles. The van der Waals surface area contributed by atoms with Gasteiger partial charge in [-0.15, -0.1) is 0 Å². The molecule has 8 heteroatoms. The van der Waals surface area contributed by atoms with Crippen LogP contribution in [0.1, 0.15) is 55.4 Å². The monoisotopic (exact) mass is 454 g/mol. The van der Waals surface area contributed by atoms with Gasteiger partial charge in [0.15, 0.2) is 0 Å². The Morgan fingerprint density at radius 1 is 1.27 bits per heavy atom. The molecule has 3 N–H and O–H groups in total. The molecule has 0 saturated heterocycles. The van der Waals surface area contributed by atoms with Crippen molar-refractivity contribution < 1.29 is 9.84 Å². The molecule has 0 aliphatic carbocycles. The minimum absolute atomic E-state index is 0.0436. The van der Waals surface area contributed by atoms with Gasteiger partial charge in [-0.3, -0.25) is 9.58 Å². The van der Waals surface area contributed by atoms with Crippen LogP contribution in [0.3, 0.4) is 0 Å². The molecule has 8 nitrogen and oxygen atoms in total. The molecule has 33 heavy (non-hydrogen) atoms. The molecule has 0 amide bonds. The Morgan fingerprint density at radius 2 is 2.00 bits per heavy atom. The number of ether oxygens (including phenoxy) is 1. The number of hydrogen-bond donors (Lipinski definition) is 2. The Balaban J connectivity index is 2.09. The molecule has 1 aliphatic rings. The standard InChI is InChI=1S/C25H38N6O2/c1-16(2)30-14-18(4)33-25-24(20(6)27-29(25)7)22(26)13-17(3)9-8-10-21-19(5)28-31(11-12-32)23(21)15-30/h8,10,13,16,18,32H,3,9,11-12,14-15,26H2,1-2,4-7H3/b10-8+,22-13-/t18-/m1/s1. The van der Waals surface area contributed by atoms with Crippen molar-refractivity contribution in [3.8, 4) is 5.88 Å². The maximum Gasteiger partial charge on any atom is 0.221 e. The summed E-state index contributed by atoms with van der Waals surface area (Å²) in [6, 6.07) is 0.291. The van der Waals surface area contributed by atoms with E-state index in [0.29, 0.717) is 43.7 Å². The fourth-order valence-electron chi connectivity index (χ4n) is 4.30. The van der Waals surface area contributed by atoms with Crippen LogP contribution in [-0.4, -0.2) is 54.9 Å². The van der Waals surface area contributed by atoms with Gasteiger partial charge in [-0.05, 0) is 52.7 Å². The molecule has 180 valence electrons. The molecule has 2 aromatic heterocycles. The number of aromatic nitrogens is 4. The van der Waals surface area contributed by atoms with Gasteiger partial charge >= 0.3 is 0 Å². The summed E-state index contributed by atoms with van der Waals surface area (Å²) in [6.07, 6.45) is 6.66. The van der Waals surface area contributed by atoms with Crippen molar-refractivity contribution in [1.29, 1.82) is 0 Å². The number of allylic oxidation sites excluding steroid dienone is 3. The second-order valence-corrected chi connectivity index (χ2v) is 9.10. The average Bonchev–Trinajstić information content (AvgIpc) is 3.16. The van der Waals surface area contributed by atoms with E-state index in [4.69, 9.17) is 15.6 Å². The first-order valence-electron chi connectivity index (χ1n) is 11.6. The van der Waals surface area contributed by atoms with Gasteiger partial charge in [-0.25, -0.2) is 4.68 Å². The number of aryl methyl sites for hydroxylation is 3. The molecule has 1 aliphatic heterocycles. The Bertz CT molecular complexity index is 1060. The van der Waals surface area contributed by atoms with Crippen LogP contribution in [0.25, 0.3) is 11.8 Å². The first kappa shape index (κ1) is 24.8. The lowest BCUT2D eigenvalue weighted by Gasteiger charge is -2.30. The van der Waals surface area contributed by atoms with E-state index in [0.717, 1.165) is 33.8 Å². The lowest BCUT2D eigenvalue weighted by atomic mass is 10.1. The van der Waals surface area contributed by atoms with Gasteiger partial charge in [0.1, 0.15) is 6.10 Å². The molecule has 0 fully saturated rings. The van der Waals surface area contributed by atoms with E-state index in [1.807, 2.05) is 31.7 Å². The van der Waals surface area contributed by atoms with E-state index in [1.54, 1.807) is 4.68 Å². The van der Waals surface area contributed by atoms with Crippen LogP contribution < -0.4 is 10.5 Å². The summed E-state index contributed by atoms with van der Waals surface area (Å²) in [7, 11) is 1.88. The third-order valence-electron chi connectivity index (χ3n) is 5.96. The molecular formula is C25H38N6O2. The van der Waals surface area contributed by atoms with Crippen molar-refractivity contribution in [2.45, 2.75) is 66.3 Å². The van der Waals surface area contributed by atoms with Crippen molar-refractivity contribution >= 4 is 11.8 Å². The Morgan fingerprint density at radius 3 is 2.67 bits per heavy atom. The lowest BCUT2D eigenvalue weighted by Crippen LogP contribution is -2.39. The number of hydrogen-bond acceptors (Lipinski definition) is 6. The Kier molecular flexibility index (Phi) is 7.81. The number of nitrogens with zero attached hydrogens (tertiary/aromatic N) is 5. The zero-order valence-corrected chi connectivity index (χ0v) is 20.8. The van der Waals surface area contributed by atoms with Crippen molar-refractivity contribution in [1.82, 2.24) is 24.5 Å². The van der Waals surface area contributed by atoms with E-state index >= 15 is 0 Å². The fraction of sp³-hybridized carbons (Fsp3) is 0.520. The Labute approximate surface area is 197 Å². The predicted octanol–water partition coefficient (Wildman–Crippen LogP) is 3.18. The van der Waals surface area contributed by atoms with Gasteiger partial charge in [0.05, 0.1) is 35.8 Å². The van der Waals surface area contributed by atoms with E-state index in [9.17, 15) is 5.11 Å². The highest BCUT2D eigenvalue weighted by molar-refractivity contribution is 5.71. The summed E-state index contributed by atoms with van der Waals surface area (Å²) in [5, 5.41) is 18.8. The van der Waals surface area contributed by atoms with Gasteiger partial charge < -0.3 is 15.6 Å². The SMILES string of the molecule is C=C1/C=C(\N)c2c(C)nn(C)c2O[C@H](C)CN(C(C)C)Cc2c(c(C)nn2CCO)/C=C/C1. The highest BCUT2D eigenvalue weighted by atomic mass is 16.5. The summed E-state index contributed by atoms with van der Waals surface area (Å²) in [6.45, 7) is 16.5. The maximum absolute atomic E-state index is 9.59. The summed E-state index contributed by atoms with van der Waals surface area (Å²) < 4.78 is 10.1. The molecule has 3 rings (SSSR count). The summed E-state index contributed by atoms with van der Waals surface area (Å²) in [5.74, 6) is 0.664. The quantitative estimate of drug-likeness (QED) is 0.740. The number of nitrogens with two attached hydrogens (primary N) is 1. The van der Waals surface area contributed by atoms with Crippen molar-refractivity contribution in [2.24, 2.45) is 12.8 Å². The average molecular weight is 455 g/mol. The molecule has 0 radical (unpaired) electrons. The summed E-state index contributed by atoms with van der Waals surface area (Å²) >= 11 is 0. The zero-order valence-electron chi connectivity index (χ0n) is 20.8. The summed E-state index contributed by atoms with van der Waals surface area (Å²) in [5.41, 5.74) is 12.8. The third-order valence-corrected chi connectivity index (χ3v) is 5.96. The van der Waals surface area contributed by atoms with Gasteiger partial charge in [0.25, 0.3) is 0 Å². The number of aliphatic hydroxyl groups excluding tert-OH is 1. The highest BCUT2D eigenvalue weighted by Crippen LogP contribution is 2.29. The molecule has 0 aromatic carbocycles. The molecule has 1 atom stereocenters. The van der Waals surface area contributed by atoms with Gasteiger partial charge in [0, 0.05) is 37.4 Å². The third kappa shape index (κ3) is 5.57. The molecule has 0 spiro atoms. The topological polar surface area (TPSA) is 94.4 Å². The second kappa shape index (κ2) is 10.4. The minimum Gasteiger partial charge on any atom is -0.473 e. The van der Waals surface area contributed by atoms with Crippen LogP contribution in [0.2, 0.25) is 0 Å². The second-order valence-electron chi connectivity index (χ2n) is 9.10.